The Labute approximate surface area is 81.4 Å². The van der Waals surface area contributed by atoms with Crippen molar-refractivity contribution in [3.8, 4) is 0 Å². The Morgan fingerprint density at radius 2 is 2.36 bits per heavy atom. The average Bonchev–Trinajstić information content (AvgIpc) is 2.75. The number of ether oxygens (including phenoxy) is 2. The highest BCUT2D eigenvalue weighted by Gasteiger charge is 2.22. The summed E-state index contributed by atoms with van der Waals surface area (Å²) in [4.78, 5) is 1.41. The van der Waals surface area contributed by atoms with Crippen molar-refractivity contribution in [1.82, 2.24) is 15.0 Å². The maximum Gasteiger partial charge on any atom is 0.160 e. The zero-order chi connectivity index (χ0) is 9.97. The Balaban J connectivity index is 1.91. The Hall–Kier alpha value is -0.980. The molecule has 1 fully saturated rings. The average molecular weight is 199 g/mol. The number of aromatic nitrogens is 3. The molecule has 1 aliphatic heterocycles. The molecule has 0 radical (unpaired) electrons. The highest BCUT2D eigenvalue weighted by Crippen LogP contribution is 2.19. The molecule has 0 aliphatic carbocycles. The molecule has 78 valence electrons. The first-order valence-corrected chi connectivity index (χ1v) is 4.53. The van der Waals surface area contributed by atoms with Crippen LogP contribution in [0.2, 0.25) is 0 Å². The van der Waals surface area contributed by atoms with Crippen molar-refractivity contribution in [2.24, 2.45) is 7.05 Å². The first-order valence-electron chi connectivity index (χ1n) is 4.53. The Morgan fingerprint density at radius 3 is 2.93 bits per heavy atom. The topological polar surface area (TPSA) is 69.4 Å². The van der Waals surface area contributed by atoms with E-state index < -0.39 is 6.10 Å². The summed E-state index contributed by atoms with van der Waals surface area (Å²) in [5, 5.41) is 17.6. The van der Waals surface area contributed by atoms with Crippen molar-refractivity contribution >= 4 is 0 Å². The van der Waals surface area contributed by atoms with E-state index in [1.165, 1.54) is 4.80 Å². The van der Waals surface area contributed by atoms with Crippen LogP contribution < -0.4 is 0 Å². The number of aliphatic hydroxyl groups excluding tert-OH is 1. The van der Waals surface area contributed by atoms with Crippen molar-refractivity contribution in [2.75, 3.05) is 13.2 Å². The molecule has 0 aromatic carbocycles. The molecular weight excluding hydrogens is 186 g/mol. The van der Waals surface area contributed by atoms with E-state index >= 15 is 0 Å². The minimum atomic E-state index is -0.674. The van der Waals surface area contributed by atoms with Crippen molar-refractivity contribution in [2.45, 2.75) is 18.8 Å². The molecule has 1 aromatic heterocycles. The van der Waals surface area contributed by atoms with Crippen molar-refractivity contribution in [1.29, 1.82) is 0 Å². The molecular formula is C8H13N3O3. The van der Waals surface area contributed by atoms with Gasteiger partial charge < -0.3 is 14.6 Å². The third-order valence-corrected chi connectivity index (χ3v) is 2.07. The standard InChI is InChI=1S/C8H13N3O3/c1-11-9-5-6(10-11)7(12)4-8-13-2-3-14-8/h5,7-8,12H,2-4H2,1H3. The second kappa shape index (κ2) is 4.04. The Morgan fingerprint density at radius 1 is 1.64 bits per heavy atom. The van der Waals surface area contributed by atoms with Gasteiger partial charge in [0.15, 0.2) is 6.29 Å². The lowest BCUT2D eigenvalue weighted by Gasteiger charge is -2.12. The molecule has 0 spiro atoms. The lowest BCUT2D eigenvalue weighted by molar-refractivity contribution is -0.0714. The fraction of sp³-hybridized carbons (Fsp3) is 0.750. The zero-order valence-corrected chi connectivity index (χ0v) is 7.96. The second-order valence-electron chi connectivity index (χ2n) is 3.18. The van der Waals surface area contributed by atoms with E-state index in [0.29, 0.717) is 25.3 Å². The van der Waals surface area contributed by atoms with Gasteiger partial charge in [0.2, 0.25) is 0 Å². The Kier molecular flexibility index (Phi) is 2.76. The smallest absolute Gasteiger partial charge is 0.160 e. The molecule has 2 rings (SSSR count). The molecule has 14 heavy (non-hydrogen) atoms. The van der Waals surface area contributed by atoms with Gasteiger partial charge >= 0.3 is 0 Å². The molecule has 2 heterocycles. The minimum absolute atomic E-state index is 0.313. The fourth-order valence-corrected chi connectivity index (χ4v) is 1.36. The quantitative estimate of drug-likeness (QED) is 0.718. The highest BCUT2D eigenvalue weighted by molar-refractivity contribution is 4.96. The molecule has 0 amide bonds. The summed E-state index contributed by atoms with van der Waals surface area (Å²) in [6.45, 7) is 1.19. The summed E-state index contributed by atoms with van der Waals surface area (Å²) < 4.78 is 10.4. The van der Waals surface area contributed by atoms with Crippen LogP contribution in [0.3, 0.4) is 0 Å². The van der Waals surface area contributed by atoms with Gasteiger partial charge in [-0.15, -0.1) is 0 Å². The van der Waals surface area contributed by atoms with E-state index in [0.717, 1.165) is 0 Å². The van der Waals surface area contributed by atoms with Crippen LogP contribution in [0, 0.1) is 0 Å². The molecule has 1 unspecified atom stereocenters. The lowest BCUT2D eigenvalue weighted by Crippen LogP contribution is -2.13. The molecule has 6 nitrogen and oxygen atoms in total. The number of nitrogens with zero attached hydrogens (tertiary/aromatic N) is 3. The van der Waals surface area contributed by atoms with E-state index in [-0.39, 0.29) is 6.29 Å². The molecule has 1 aromatic rings. The first-order chi connectivity index (χ1) is 6.75. The van der Waals surface area contributed by atoms with Crippen molar-refractivity contribution in [3.05, 3.63) is 11.9 Å². The number of hydrogen-bond acceptors (Lipinski definition) is 5. The molecule has 1 atom stereocenters. The monoisotopic (exact) mass is 199 g/mol. The maximum absolute atomic E-state index is 9.72. The number of rotatable bonds is 3. The van der Waals surface area contributed by atoms with Gasteiger partial charge in [0.25, 0.3) is 0 Å². The van der Waals surface area contributed by atoms with Crippen molar-refractivity contribution < 1.29 is 14.6 Å². The summed E-state index contributed by atoms with van der Waals surface area (Å²) >= 11 is 0. The molecule has 1 N–H and O–H groups in total. The van der Waals surface area contributed by atoms with Gasteiger partial charge in [-0.1, -0.05) is 0 Å². The van der Waals surface area contributed by atoms with E-state index in [4.69, 9.17) is 9.47 Å². The van der Waals surface area contributed by atoms with E-state index in [9.17, 15) is 5.11 Å². The van der Waals surface area contributed by atoms with Crippen LogP contribution in [0.25, 0.3) is 0 Å². The third-order valence-electron chi connectivity index (χ3n) is 2.07. The van der Waals surface area contributed by atoms with Crippen molar-refractivity contribution in [3.63, 3.8) is 0 Å². The SMILES string of the molecule is Cn1ncc(C(O)CC2OCCO2)n1. The van der Waals surface area contributed by atoms with Crippen LogP contribution in [0.1, 0.15) is 18.2 Å². The van der Waals surface area contributed by atoms with Crippen LogP contribution >= 0.6 is 0 Å². The highest BCUT2D eigenvalue weighted by atomic mass is 16.7. The normalized spacial score (nSPS) is 20.1. The van der Waals surface area contributed by atoms with Crippen LogP contribution in [0.4, 0.5) is 0 Å². The molecule has 1 aliphatic rings. The Bertz CT molecular complexity index is 296. The van der Waals surface area contributed by atoms with Crippen LogP contribution in [0.15, 0.2) is 6.20 Å². The van der Waals surface area contributed by atoms with Gasteiger partial charge in [-0.2, -0.15) is 15.0 Å². The summed E-state index contributed by atoms with van der Waals surface area (Å²) in [5.74, 6) is 0. The fourth-order valence-electron chi connectivity index (χ4n) is 1.36. The summed E-state index contributed by atoms with van der Waals surface area (Å²) in [6, 6.07) is 0. The lowest BCUT2D eigenvalue weighted by atomic mass is 10.2. The number of aliphatic hydroxyl groups is 1. The van der Waals surface area contributed by atoms with Crippen LogP contribution in [-0.2, 0) is 16.5 Å². The summed E-state index contributed by atoms with van der Waals surface area (Å²) in [5.41, 5.74) is 0.548. The van der Waals surface area contributed by atoms with E-state index in [1.54, 1.807) is 13.2 Å². The van der Waals surface area contributed by atoms with E-state index in [2.05, 4.69) is 10.2 Å². The van der Waals surface area contributed by atoms with Gasteiger partial charge in [-0.05, 0) is 0 Å². The number of aryl methyl sites for hydroxylation is 1. The predicted octanol–water partition coefficient (Wildman–Crippen LogP) is -0.389. The zero-order valence-electron chi connectivity index (χ0n) is 7.96. The molecule has 0 bridgehead atoms. The van der Waals surface area contributed by atoms with Crippen LogP contribution in [0.5, 0.6) is 0 Å². The largest absolute Gasteiger partial charge is 0.386 e. The summed E-state index contributed by atoms with van der Waals surface area (Å²) in [7, 11) is 1.71. The molecule has 1 saturated heterocycles. The van der Waals surface area contributed by atoms with Gasteiger partial charge in [-0.3, -0.25) is 0 Å². The van der Waals surface area contributed by atoms with Gasteiger partial charge in [0, 0.05) is 13.5 Å². The van der Waals surface area contributed by atoms with Gasteiger partial charge in [-0.25, -0.2) is 0 Å². The first kappa shape index (κ1) is 9.57. The maximum atomic E-state index is 9.72. The minimum Gasteiger partial charge on any atom is -0.386 e. The molecule has 0 saturated carbocycles. The van der Waals surface area contributed by atoms with E-state index in [1.807, 2.05) is 0 Å². The molecule has 6 heteroatoms. The van der Waals surface area contributed by atoms with Crippen LogP contribution in [-0.4, -0.2) is 39.6 Å². The predicted molar refractivity (Wildman–Crippen MR) is 46.3 cm³/mol. The summed E-state index contributed by atoms with van der Waals surface area (Å²) in [6.07, 6.45) is 0.956. The van der Waals surface area contributed by atoms with Gasteiger partial charge in [0.05, 0.1) is 19.4 Å². The third kappa shape index (κ3) is 2.09. The second-order valence-corrected chi connectivity index (χ2v) is 3.18. The number of hydrogen-bond donors (Lipinski definition) is 1. The van der Waals surface area contributed by atoms with Gasteiger partial charge in [0.1, 0.15) is 11.8 Å².